The zero-order chi connectivity index (χ0) is 14.7. The zero-order valence-corrected chi connectivity index (χ0v) is 11.1. The molecule has 0 aliphatic rings. The van der Waals surface area contributed by atoms with Crippen LogP contribution in [0.4, 0.5) is 17.1 Å². The first-order valence-corrected chi connectivity index (χ1v) is 5.99. The van der Waals surface area contributed by atoms with E-state index in [1.807, 2.05) is 6.07 Å². The van der Waals surface area contributed by atoms with E-state index in [-0.39, 0.29) is 11.4 Å². The van der Waals surface area contributed by atoms with Gasteiger partial charge < -0.3 is 5.21 Å². The molecular weight excluding hydrogens is 258 g/mol. The summed E-state index contributed by atoms with van der Waals surface area (Å²) in [5, 5.41) is 26.9. The molecule has 0 saturated carbocycles. The smallest absolute Gasteiger partial charge is 0.301 e. The van der Waals surface area contributed by atoms with Gasteiger partial charge in [0.1, 0.15) is 0 Å². The molecule has 0 saturated heterocycles. The molecule has 0 fully saturated rings. The van der Waals surface area contributed by atoms with Gasteiger partial charge in [0.25, 0.3) is 0 Å². The molecule has 102 valence electrons. The number of azo groups is 1. The van der Waals surface area contributed by atoms with Crippen LogP contribution in [0.25, 0.3) is 0 Å². The quantitative estimate of drug-likeness (QED) is 0.364. The molecule has 0 aliphatic heterocycles. The summed E-state index contributed by atoms with van der Waals surface area (Å²) in [4.78, 5) is 10.9. The number of hydrogen-bond acceptors (Lipinski definition) is 4. The highest BCUT2D eigenvalue weighted by Gasteiger charge is 2.19. The Morgan fingerprint density at radius 2 is 1.50 bits per heavy atom. The van der Waals surface area contributed by atoms with E-state index in [1.165, 1.54) is 6.07 Å². The highest BCUT2D eigenvalue weighted by molar-refractivity contribution is 5.61. The lowest BCUT2D eigenvalue weighted by Gasteiger charge is -2.04. The van der Waals surface area contributed by atoms with Crippen LogP contribution in [0.15, 0.2) is 47.6 Å². The zero-order valence-electron chi connectivity index (χ0n) is 11.1. The lowest BCUT2D eigenvalue weighted by Crippen LogP contribution is -1.96. The summed E-state index contributed by atoms with van der Waals surface area (Å²) >= 11 is 0. The number of hydrogen-bond donors (Lipinski definition) is 0. The molecule has 0 amide bonds. The van der Waals surface area contributed by atoms with E-state index in [9.17, 15) is 15.3 Å². The van der Waals surface area contributed by atoms with Gasteiger partial charge in [-0.3, -0.25) is 10.1 Å². The van der Waals surface area contributed by atoms with Crippen molar-refractivity contribution in [1.29, 1.82) is 0 Å². The van der Waals surface area contributed by atoms with Crippen molar-refractivity contribution in [2.45, 2.75) is 13.8 Å². The van der Waals surface area contributed by atoms with Crippen LogP contribution in [0.3, 0.4) is 0 Å². The molecule has 20 heavy (non-hydrogen) atoms. The number of para-hydroxylation sites is 1. The number of benzene rings is 2. The van der Waals surface area contributed by atoms with Crippen LogP contribution in [-0.2, 0) is 0 Å². The molecule has 0 unspecified atom stereocenters. The summed E-state index contributed by atoms with van der Waals surface area (Å²) in [6, 6.07) is 11.5. The minimum atomic E-state index is -0.544. The first-order valence-electron chi connectivity index (χ1n) is 5.99. The molecule has 6 heteroatoms. The van der Waals surface area contributed by atoms with Gasteiger partial charge in [-0.2, -0.15) is 0 Å². The fourth-order valence-corrected chi connectivity index (χ4v) is 1.84. The van der Waals surface area contributed by atoms with Crippen molar-refractivity contribution in [3.8, 4) is 0 Å². The van der Waals surface area contributed by atoms with Crippen molar-refractivity contribution in [2.24, 2.45) is 5.11 Å². The molecule has 6 nitrogen and oxygen atoms in total. The van der Waals surface area contributed by atoms with Crippen LogP contribution < -0.4 is 0 Å². The van der Waals surface area contributed by atoms with Crippen LogP contribution in [0.5, 0.6) is 0 Å². The third kappa shape index (κ3) is 2.64. The Labute approximate surface area is 115 Å². The number of rotatable bonds is 3. The van der Waals surface area contributed by atoms with Crippen molar-refractivity contribution < 1.29 is 9.78 Å². The fourth-order valence-electron chi connectivity index (χ4n) is 1.84. The third-order valence-electron chi connectivity index (χ3n) is 2.93. The van der Waals surface area contributed by atoms with Crippen LogP contribution in [-0.4, -0.2) is 9.78 Å². The normalized spacial score (nSPS) is 11.4. The summed E-state index contributed by atoms with van der Waals surface area (Å²) in [7, 11) is 0. The Balaban J connectivity index is 2.56. The van der Waals surface area contributed by atoms with Gasteiger partial charge in [-0.25, -0.2) is 0 Å². The Morgan fingerprint density at radius 1 is 0.900 bits per heavy atom. The molecule has 0 atom stereocenters. The molecule has 0 bridgehead atoms. The molecule has 0 spiro atoms. The monoisotopic (exact) mass is 271 g/mol. The second-order valence-electron chi connectivity index (χ2n) is 4.36. The van der Waals surface area contributed by atoms with E-state index < -0.39 is 4.92 Å². The maximum absolute atomic E-state index is 12.1. The molecule has 0 radical (unpaired) electrons. The van der Waals surface area contributed by atoms with Gasteiger partial charge in [0.15, 0.2) is 0 Å². The number of nitrogens with zero attached hydrogens (tertiary/aromatic N) is 3. The van der Waals surface area contributed by atoms with Crippen molar-refractivity contribution in [2.75, 3.05) is 0 Å². The van der Waals surface area contributed by atoms with Gasteiger partial charge in [-0.05, 0) is 24.3 Å². The Kier molecular flexibility index (Phi) is 3.74. The predicted molar refractivity (Wildman–Crippen MR) is 74.4 cm³/mol. The van der Waals surface area contributed by atoms with E-state index in [1.54, 1.807) is 44.2 Å². The Bertz CT molecular complexity index is 696. The molecular formula is C14H13N3O3. The van der Waals surface area contributed by atoms with E-state index in [0.717, 1.165) is 5.56 Å². The van der Waals surface area contributed by atoms with Crippen molar-refractivity contribution in [3.63, 3.8) is 0 Å². The average Bonchev–Trinajstić information content (AvgIpc) is 2.41. The largest absolute Gasteiger partial charge is 0.594 e. The van der Waals surface area contributed by atoms with E-state index in [4.69, 9.17) is 0 Å². The van der Waals surface area contributed by atoms with Crippen LogP contribution in [0.2, 0.25) is 0 Å². The second kappa shape index (κ2) is 5.48. The van der Waals surface area contributed by atoms with Gasteiger partial charge in [0.2, 0.25) is 11.4 Å². The van der Waals surface area contributed by atoms with Gasteiger partial charge in [-0.15, -0.1) is 0 Å². The van der Waals surface area contributed by atoms with Crippen molar-refractivity contribution in [1.82, 2.24) is 0 Å². The minimum absolute atomic E-state index is 0.0794. The minimum Gasteiger partial charge on any atom is -0.594 e. The van der Waals surface area contributed by atoms with Gasteiger partial charge in [0.05, 0.1) is 4.92 Å². The van der Waals surface area contributed by atoms with E-state index >= 15 is 0 Å². The lowest BCUT2D eigenvalue weighted by atomic mass is 10.2. The van der Waals surface area contributed by atoms with E-state index in [0.29, 0.717) is 16.1 Å². The molecule has 0 aliphatic carbocycles. The molecule has 2 aromatic rings. The Hall–Kier alpha value is -2.76. The number of nitro benzene ring substituents is 1. The molecule has 0 heterocycles. The topological polar surface area (TPSA) is 81.6 Å². The fraction of sp³-hybridized carbons (Fsp3) is 0.143. The highest BCUT2D eigenvalue weighted by atomic mass is 16.6. The van der Waals surface area contributed by atoms with Crippen LogP contribution in [0, 0.1) is 29.2 Å². The van der Waals surface area contributed by atoms with Crippen molar-refractivity contribution in [3.05, 3.63) is 68.9 Å². The summed E-state index contributed by atoms with van der Waals surface area (Å²) in [6.07, 6.45) is 0. The standard InChI is InChI=1S/C14H13N3O3/c1-10-6-3-4-8-12(10)16(18)15-14-11(2)7-5-9-13(14)17(19)20/h3-9H,1-2H3. The summed E-state index contributed by atoms with van der Waals surface area (Å²) in [5.74, 6) is 0. The van der Waals surface area contributed by atoms with E-state index in [2.05, 4.69) is 5.11 Å². The molecule has 0 aromatic heterocycles. The van der Waals surface area contributed by atoms with Crippen molar-refractivity contribution >= 4 is 17.1 Å². The first kappa shape index (κ1) is 13.7. The molecule has 2 aromatic carbocycles. The van der Waals surface area contributed by atoms with Crippen LogP contribution in [0.1, 0.15) is 11.1 Å². The second-order valence-corrected chi connectivity index (χ2v) is 4.36. The highest BCUT2D eigenvalue weighted by Crippen LogP contribution is 2.32. The van der Waals surface area contributed by atoms with Crippen LogP contribution >= 0.6 is 0 Å². The molecule has 0 N–H and O–H groups in total. The number of nitro groups is 1. The summed E-state index contributed by atoms with van der Waals surface area (Å²) < 4.78 is 0. The maximum Gasteiger partial charge on any atom is 0.301 e. The molecule has 2 rings (SSSR count). The van der Waals surface area contributed by atoms with Gasteiger partial charge >= 0.3 is 5.69 Å². The number of aryl methyl sites for hydroxylation is 2. The first-order chi connectivity index (χ1) is 9.50. The average molecular weight is 271 g/mol. The van der Waals surface area contributed by atoms with Gasteiger partial charge in [-0.1, -0.05) is 30.3 Å². The van der Waals surface area contributed by atoms with Gasteiger partial charge in [0, 0.05) is 22.8 Å². The third-order valence-corrected chi connectivity index (χ3v) is 2.93. The summed E-state index contributed by atoms with van der Waals surface area (Å²) in [5.41, 5.74) is 1.59. The maximum atomic E-state index is 12.1. The predicted octanol–water partition coefficient (Wildman–Crippen LogP) is 4.14. The lowest BCUT2D eigenvalue weighted by molar-refractivity contribution is -0.437. The Morgan fingerprint density at radius 3 is 2.15 bits per heavy atom. The summed E-state index contributed by atoms with van der Waals surface area (Å²) in [6.45, 7) is 3.46. The SMILES string of the molecule is Cc1ccccc1[N+]([O-])=Nc1c(C)cccc1[N+](=O)[O-].